The molecule has 1 N–H and O–H groups in total. The number of nitrogens with zero attached hydrogens (tertiary/aromatic N) is 1. The predicted molar refractivity (Wildman–Crippen MR) is 78.5 cm³/mol. The molecule has 0 aromatic heterocycles. The van der Waals surface area contributed by atoms with Crippen LogP contribution < -0.4 is 15.3 Å². The average Bonchev–Trinajstić information content (AvgIpc) is 2.41. The Hall–Kier alpha value is -2.57. The number of nitrogens with one attached hydrogen (secondary N) is 1. The van der Waals surface area contributed by atoms with E-state index in [0.29, 0.717) is 17.0 Å². The maximum atomic E-state index is 11.5. The zero-order chi connectivity index (χ0) is 16.8. The summed E-state index contributed by atoms with van der Waals surface area (Å²) in [4.78, 5) is 21.9. The van der Waals surface area contributed by atoms with Gasteiger partial charge in [-0.15, -0.1) is 0 Å². The van der Waals surface area contributed by atoms with Gasteiger partial charge in [-0.25, -0.2) is 10.2 Å². The Labute approximate surface area is 128 Å². The van der Waals surface area contributed by atoms with E-state index in [-0.39, 0.29) is 0 Å². The third-order valence-electron chi connectivity index (χ3n) is 2.32. The van der Waals surface area contributed by atoms with Crippen molar-refractivity contribution in [3.8, 4) is 5.75 Å². The fourth-order valence-corrected chi connectivity index (χ4v) is 1.45. The Morgan fingerprint density at radius 1 is 1.32 bits per heavy atom. The Morgan fingerprint density at radius 2 is 2.00 bits per heavy atom. The quantitative estimate of drug-likeness (QED) is 0.647. The number of ether oxygens (including phenoxy) is 2. The van der Waals surface area contributed by atoms with E-state index in [0.717, 1.165) is 0 Å². The number of carboxylic acids is 1. The summed E-state index contributed by atoms with van der Waals surface area (Å²) in [5.41, 5.74) is 2.88. The molecule has 22 heavy (non-hydrogen) atoms. The van der Waals surface area contributed by atoms with Gasteiger partial charge in [0.05, 0.1) is 11.7 Å². The minimum atomic E-state index is -1.30. The van der Waals surface area contributed by atoms with E-state index in [1.165, 1.54) is 0 Å². The lowest BCUT2D eigenvalue weighted by atomic mass is 10.1. The fourth-order valence-electron chi connectivity index (χ4n) is 1.45. The Kier molecular flexibility index (Phi) is 5.91. The van der Waals surface area contributed by atoms with Crippen molar-refractivity contribution in [3.63, 3.8) is 0 Å². The summed E-state index contributed by atoms with van der Waals surface area (Å²) in [7, 11) is 0. The average molecular weight is 307 g/mol. The van der Waals surface area contributed by atoms with Gasteiger partial charge in [0.15, 0.2) is 0 Å². The largest absolute Gasteiger partial charge is 0.546 e. The SMILES string of the molecule is C/C(=N/NC(=O)OC(C)(C)C)c1cccc(OCC(=O)[O-])c1. The van der Waals surface area contributed by atoms with Crippen LogP contribution in [0.1, 0.15) is 33.3 Å². The van der Waals surface area contributed by atoms with Crippen LogP contribution in [0.25, 0.3) is 0 Å². The molecule has 0 fully saturated rings. The molecular weight excluding hydrogens is 288 g/mol. The van der Waals surface area contributed by atoms with Gasteiger partial charge in [0, 0.05) is 5.56 Å². The van der Waals surface area contributed by atoms with Crippen LogP contribution in [0.15, 0.2) is 29.4 Å². The molecule has 0 bridgehead atoms. The van der Waals surface area contributed by atoms with Crippen LogP contribution in [-0.4, -0.2) is 30.0 Å². The minimum absolute atomic E-state index is 0.369. The van der Waals surface area contributed by atoms with Crippen LogP contribution in [0, 0.1) is 0 Å². The van der Waals surface area contributed by atoms with E-state index in [1.54, 1.807) is 52.0 Å². The third kappa shape index (κ3) is 6.74. The molecule has 1 aromatic rings. The number of benzene rings is 1. The normalized spacial score (nSPS) is 11.7. The summed E-state index contributed by atoms with van der Waals surface area (Å²) in [6.45, 7) is 6.41. The predicted octanol–water partition coefficient (Wildman–Crippen LogP) is 1.06. The number of carboxylic acid groups (broad SMARTS) is 1. The third-order valence-corrected chi connectivity index (χ3v) is 2.32. The van der Waals surface area contributed by atoms with Gasteiger partial charge in [-0.05, 0) is 39.8 Å². The molecular formula is C15H19N2O5-. The highest BCUT2D eigenvalue weighted by molar-refractivity contribution is 5.99. The number of rotatable bonds is 5. The van der Waals surface area contributed by atoms with Crippen LogP contribution in [0.2, 0.25) is 0 Å². The number of hydrogen-bond acceptors (Lipinski definition) is 6. The highest BCUT2D eigenvalue weighted by Gasteiger charge is 2.15. The number of amides is 1. The standard InChI is InChI=1S/C15H20N2O5/c1-10(16-17-14(20)22-15(2,3)4)11-6-5-7-12(8-11)21-9-13(18)19/h5-8H,9H2,1-4H3,(H,17,20)(H,18,19)/p-1/b16-10-. The molecule has 7 heteroatoms. The van der Waals surface area contributed by atoms with Crippen molar-refractivity contribution in [3.05, 3.63) is 29.8 Å². The lowest BCUT2D eigenvalue weighted by Gasteiger charge is -2.18. The summed E-state index contributed by atoms with van der Waals surface area (Å²) >= 11 is 0. The molecule has 0 heterocycles. The molecule has 1 aromatic carbocycles. The zero-order valence-electron chi connectivity index (χ0n) is 13.0. The van der Waals surface area contributed by atoms with Crippen molar-refractivity contribution in [2.45, 2.75) is 33.3 Å². The summed E-state index contributed by atoms with van der Waals surface area (Å²) in [6.07, 6.45) is -0.656. The smallest absolute Gasteiger partial charge is 0.428 e. The van der Waals surface area contributed by atoms with E-state index in [1.807, 2.05) is 0 Å². The fraction of sp³-hybridized carbons (Fsp3) is 0.400. The number of hydrazone groups is 1. The first-order chi connectivity index (χ1) is 10.2. The van der Waals surface area contributed by atoms with Gasteiger partial charge in [-0.2, -0.15) is 5.10 Å². The van der Waals surface area contributed by atoms with Gasteiger partial charge in [0.1, 0.15) is 18.0 Å². The van der Waals surface area contributed by atoms with Gasteiger partial charge in [0.25, 0.3) is 0 Å². The monoisotopic (exact) mass is 307 g/mol. The summed E-state index contributed by atoms with van der Waals surface area (Å²) in [5.74, 6) is -0.934. The highest BCUT2D eigenvalue weighted by atomic mass is 16.6. The summed E-state index contributed by atoms with van der Waals surface area (Å²) < 4.78 is 10.1. The summed E-state index contributed by atoms with van der Waals surface area (Å²) in [6, 6.07) is 6.66. The second-order valence-electron chi connectivity index (χ2n) is 5.50. The molecule has 0 atom stereocenters. The van der Waals surface area contributed by atoms with Crippen molar-refractivity contribution < 1.29 is 24.2 Å². The molecule has 0 saturated heterocycles. The lowest BCUT2D eigenvalue weighted by Crippen LogP contribution is -2.30. The molecule has 0 radical (unpaired) electrons. The second-order valence-corrected chi connectivity index (χ2v) is 5.50. The number of aliphatic carboxylic acids is 1. The van der Waals surface area contributed by atoms with Gasteiger partial charge in [-0.3, -0.25) is 0 Å². The van der Waals surface area contributed by atoms with E-state index in [4.69, 9.17) is 9.47 Å². The summed E-state index contributed by atoms with van der Waals surface area (Å²) in [5, 5.41) is 14.3. The maximum Gasteiger partial charge on any atom is 0.428 e. The van der Waals surface area contributed by atoms with Crippen LogP contribution >= 0.6 is 0 Å². The second kappa shape index (κ2) is 7.44. The molecule has 0 aliphatic carbocycles. The van der Waals surface area contributed by atoms with Gasteiger partial charge < -0.3 is 19.4 Å². The van der Waals surface area contributed by atoms with Crippen LogP contribution in [0.3, 0.4) is 0 Å². The number of hydrogen-bond donors (Lipinski definition) is 1. The van der Waals surface area contributed by atoms with Crippen LogP contribution in [0.5, 0.6) is 5.75 Å². The van der Waals surface area contributed by atoms with Gasteiger partial charge >= 0.3 is 6.09 Å². The van der Waals surface area contributed by atoms with Crippen LogP contribution in [0.4, 0.5) is 4.79 Å². The molecule has 0 spiro atoms. The topological polar surface area (TPSA) is 100 Å². The van der Waals surface area contributed by atoms with Crippen molar-refractivity contribution >= 4 is 17.8 Å². The van der Waals surface area contributed by atoms with E-state index >= 15 is 0 Å². The molecule has 1 amide bonds. The van der Waals surface area contributed by atoms with Crippen molar-refractivity contribution in [1.82, 2.24) is 5.43 Å². The van der Waals surface area contributed by atoms with Crippen molar-refractivity contribution in [2.24, 2.45) is 5.10 Å². The molecule has 1 rings (SSSR count). The molecule has 0 saturated carbocycles. The van der Waals surface area contributed by atoms with Crippen LogP contribution in [-0.2, 0) is 9.53 Å². The highest BCUT2D eigenvalue weighted by Crippen LogP contribution is 2.14. The van der Waals surface area contributed by atoms with Crippen molar-refractivity contribution in [2.75, 3.05) is 6.61 Å². The zero-order valence-corrected chi connectivity index (χ0v) is 13.0. The van der Waals surface area contributed by atoms with Gasteiger partial charge in [0.2, 0.25) is 0 Å². The maximum absolute atomic E-state index is 11.5. The molecule has 0 aliphatic heterocycles. The Balaban J connectivity index is 2.70. The molecule has 0 aliphatic rings. The van der Waals surface area contributed by atoms with E-state index < -0.39 is 24.3 Å². The van der Waals surface area contributed by atoms with Crippen molar-refractivity contribution in [1.29, 1.82) is 0 Å². The molecule has 7 nitrogen and oxygen atoms in total. The van der Waals surface area contributed by atoms with Gasteiger partial charge in [-0.1, -0.05) is 12.1 Å². The number of carbonyl (C=O) groups excluding carboxylic acids is 2. The minimum Gasteiger partial charge on any atom is -0.546 e. The molecule has 0 unspecified atom stereocenters. The van der Waals surface area contributed by atoms with E-state index in [2.05, 4.69) is 10.5 Å². The first-order valence-corrected chi connectivity index (χ1v) is 6.64. The Bertz CT molecular complexity index is 576. The Morgan fingerprint density at radius 3 is 2.59 bits per heavy atom. The first-order valence-electron chi connectivity index (χ1n) is 6.64. The number of carbonyl (C=O) groups is 2. The lowest BCUT2D eigenvalue weighted by molar-refractivity contribution is -0.307. The first kappa shape index (κ1) is 17.5. The molecule has 120 valence electrons. The van der Waals surface area contributed by atoms with E-state index in [9.17, 15) is 14.7 Å².